The number of aryl methyl sites for hydroxylation is 1. The molecule has 136 valence electrons. The van der Waals surface area contributed by atoms with E-state index in [4.69, 9.17) is 4.98 Å². The average Bonchev–Trinajstić information content (AvgIpc) is 3.37. The monoisotopic (exact) mass is 377 g/mol. The van der Waals surface area contributed by atoms with Gasteiger partial charge < -0.3 is 9.80 Å². The molecule has 0 unspecified atom stereocenters. The lowest BCUT2D eigenvalue weighted by Gasteiger charge is -2.36. The van der Waals surface area contributed by atoms with Gasteiger partial charge in [0.1, 0.15) is 11.6 Å². The molecule has 5 rings (SSSR count). The standard InChI is InChI=1S/C19H19N7S/c1-24-13-14(10-22-24)16-11-20-12-18(23-16)25-5-7-26(8-6-25)19-15-3-9-27-17(15)2-4-21-19/h2-4,9-13H,5-8H2,1H3. The number of rotatable bonds is 3. The van der Waals surface area contributed by atoms with E-state index in [1.807, 2.05) is 31.8 Å². The molecule has 0 bridgehead atoms. The van der Waals surface area contributed by atoms with Gasteiger partial charge in [-0.2, -0.15) is 5.10 Å². The molecule has 1 saturated heterocycles. The summed E-state index contributed by atoms with van der Waals surface area (Å²) in [6.07, 6.45) is 9.31. The van der Waals surface area contributed by atoms with Crippen molar-refractivity contribution in [2.75, 3.05) is 36.0 Å². The van der Waals surface area contributed by atoms with Crippen LogP contribution in [0, 0.1) is 0 Å². The summed E-state index contributed by atoms with van der Waals surface area (Å²) in [5.41, 5.74) is 1.84. The highest BCUT2D eigenvalue weighted by atomic mass is 32.1. The van der Waals surface area contributed by atoms with Crippen LogP contribution in [0.4, 0.5) is 11.6 Å². The maximum Gasteiger partial charge on any atom is 0.147 e. The first-order valence-corrected chi connectivity index (χ1v) is 9.79. The third-order valence-electron chi connectivity index (χ3n) is 4.88. The quantitative estimate of drug-likeness (QED) is 0.547. The summed E-state index contributed by atoms with van der Waals surface area (Å²) in [5, 5.41) is 7.60. The highest BCUT2D eigenvalue weighted by molar-refractivity contribution is 7.17. The van der Waals surface area contributed by atoms with Gasteiger partial charge in [0.15, 0.2) is 0 Å². The Morgan fingerprint density at radius 1 is 1.00 bits per heavy atom. The van der Waals surface area contributed by atoms with Gasteiger partial charge >= 0.3 is 0 Å². The summed E-state index contributed by atoms with van der Waals surface area (Å²) in [7, 11) is 1.90. The Hall–Kier alpha value is -3.00. The van der Waals surface area contributed by atoms with Crippen LogP contribution < -0.4 is 9.80 Å². The van der Waals surface area contributed by atoms with Gasteiger partial charge in [0.25, 0.3) is 0 Å². The zero-order valence-electron chi connectivity index (χ0n) is 15.0. The van der Waals surface area contributed by atoms with Gasteiger partial charge in [-0.25, -0.2) is 9.97 Å². The molecule has 0 aliphatic carbocycles. The molecule has 0 N–H and O–H groups in total. The Labute approximate surface area is 160 Å². The van der Waals surface area contributed by atoms with Crippen LogP contribution in [-0.2, 0) is 7.05 Å². The largest absolute Gasteiger partial charge is 0.353 e. The van der Waals surface area contributed by atoms with Crippen LogP contribution in [0.5, 0.6) is 0 Å². The fraction of sp³-hybridized carbons (Fsp3) is 0.263. The average molecular weight is 377 g/mol. The number of nitrogens with zero attached hydrogens (tertiary/aromatic N) is 7. The lowest BCUT2D eigenvalue weighted by atomic mass is 10.2. The number of hydrogen-bond donors (Lipinski definition) is 0. The first-order valence-electron chi connectivity index (χ1n) is 8.91. The molecule has 0 atom stereocenters. The van der Waals surface area contributed by atoms with Crippen molar-refractivity contribution in [1.29, 1.82) is 0 Å². The Morgan fingerprint density at radius 2 is 1.85 bits per heavy atom. The molecule has 7 nitrogen and oxygen atoms in total. The summed E-state index contributed by atoms with van der Waals surface area (Å²) in [5.74, 6) is 2.00. The normalized spacial score (nSPS) is 14.9. The predicted molar refractivity (Wildman–Crippen MR) is 108 cm³/mol. The van der Waals surface area contributed by atoms with Gasteiger partial charge in [-0.1, -0.05) is 0 Å². The molecule has 1 aliphatic rings. The Bertz CT molecular complexity index is 1080. The number of thiophene rings is 1. The van der Waals surface area contributed by atoms with Gasteiger partial charge in [0.05, 0.1) is 24.3 Å². The van der Waals surface area contributed by atoms with E-state index in [0.29, 0.717) is 0 Å². The molecule has 4 aromatic heterocycles. The first kappa shape index (κ1) is 16.2. The Kier molecular flexibility index (Phi) is 3.97. The molecular formula is C19H19N7S. The zero-order chi connectivity index (χ0) is 18.2. The second kappa shape index (κ2) is 6.62. The lowest BCUT2D eigenvalue weighted by Crippen LogP contribution is -2.47. The molecule has 1 aliphatic heterocycles. The van der Waals surface area contributed by atoms with E-state index in [-0.39, 0.29) is 0 Å². The molecule has 0 radical (unpaired) electrons. The van der Waals surface area contributed by atoms with Crippen molar-refractivity contribution in [3.8, 4) is 11.3 Å². The van der Waals surface area contributed by atoms with E-state index in [0.717, 1.165) is 49.1 Å². The van der Waals surface area contributed by atoms with Crippen molar-refractivity contribution in [2.45, 2.75) is 0 Å². The third kappa shape index (κ3) is 3.02. The van der Waals surface area contributed by atoms with Crippen molar-refractivity contribution in [3.05, 3.63) is 48.5 Å². The summed E-state index contributed by atoms with van der Waals surface area (Å²) in [4.78, 5) is 18.5. The number of fused-ring (bicyclic) bond motifs is 1. The third-order valence-corrected chi connectivity index (χ3v) is 5.77. The van der Waals surface area contributed by atoms with E-state index in [1.165, 1.54) is 10.1 Å². The molecule has 0 amide bonds. The van der Waals surface area contributed by atoms with Crippen molar-refractivity contribution in [2.24, 2.45) is 7.05 Å². The van der Waals surface area contributed by atoms with Crippen LogP contribution in [0.2, 0.25) is 0 Å². The first-order chi connectivity index (χ1) is 13.3. The van der Waals surface area contributed by atoms with Gasteiger partial charge in [-0.05, 0) is 17.5 Å². The maximum absolute atomic E-state index is 4.80. The SMILES string of the molecule is Cn1cc(-c2cncc(N3CCN(c4nccc5sccc45)CC3)n2)cn1. The topological polar surface area (TPSA) is 63.0 Å². The fourth-order valence-corrected chi connectivity index (χ4v) is 4.26. The fourth-order valence-electron chi connectivity index (χ4n) is 3.48. The van der Waals surface area contributed by atoms with Crippen molar-refractivity contribution in [1.82, 2.24) is 24.7 Å². The van der Waals surface area contributed by atoms with Gasteiger partial charge in [0.2, 0.25) is 0 Å². The second-order valence-corrected chi connectivity index (χ2v) is 7.55. The predicted octanol–water partition coefficient (Wildman–Crippen LogP) is 2.81. The van der Waals surface area contributed by atoms with Crippen LogP contribution in [0.3, 0.4) is 0 Å². The molecule has 27 heavy (non-hydrogen) atoms. The highest BCUT2D eigenvalue weighted by Crippen LogP contribution is 2.29. The lowest BCUT2D eigenvalue weighted by molar-refractivity contribution is 0.642. The van der Waals surface area contributed by atoms with Crippen LogP contribution in [0.15, 0.2) is 48.5 Å². The molecule has 0 saturated carbocycles. The van der Waals surface area contributed by atoms with E-state index in [9.17, 15) is 0 Å². The number of anilines is 2. The minimum absolute atomic E-state index is 0.854. The van der Waals surface area contributed by atoms with E-state index < -0.39 is 0 Å². The minimum atomic E-state index is 0.854. The van der Waals surface area contributed by atoms with Crippen LogP contribution in [0.1, 0.15) is 0 Å². The second-order valence-electron chi connectivity index (χ2n) is 6.61. The van der Waals surface area contributed by atoms with Gasteiger partial charge in [0, 0.05) is 61.3 Å². The summed E-state index contributed by atoms with van der Waals surface area (Å²) in [6, 6.07) is 4.25. The molecule has 0 aromatic carbocycles. The Morgan fingerprint density at radius 3 is 2.67 bits per heavy atom. The van der Waals surface area contributed by atoms with E-state index in [1.54, 1.807) is 22.2 Å². The van der Waals surface area contributed by atoms with Gasteiger partial charge in [-0.3, -0.25) is 9.67 Å². The number of piperazine rings is 1. The number of hydrogen-bond acceptors (Lipinski definition) is 7. The maximum atomic E-state index is 4.80. The van der Waals surface area contributed by atoms with Crippen molar-refractivity contribution >= 4 is 33.1 Å². The van der Waals surface area contributed by atoms with Gasteiger partial charge in [-0.15, -0.1) is 11.3 Å². The molecular weight excluding hydrogens is 358 g/mol. The van der Waals surface area contributed by atoms with Crippen molar-refractivity contribution < 1.29 is 0 Å². The molecule has 1 fully saturated rings. The van der Waals surface area contributed by atoms with E-state index >= 15 is 0 Å². The Balaban J connectivity index is 1.34. The van der Waals surface area contributed by atoms with Crippen LogP contribution in [-0.4, -0.2) is 50.9 Å². The number of pyridine rings is 1. The van der Waals surface area contributed by atoms with Crippen LogP contribution in [0.25, 0.3) is 21.3 Å². The highest BCUT2D eigenvalue weighted by Gasteiger charge is 2.21. The summed E-state index contributed by atoms with van der Waals surface area (Å²) < 4.78 is 3.07. The minimum Gasteiger partial charge on any atom is -0.353 e. The zero-order valence-corrected chi connectivity index (χ0v) is 15.8. The summed E-state index contributed by atoms with van der Waals surface area (Å²) in [6.45, 7) is 3.63. The van der Waals surface area contributed by atoms with E-state index in [2.05, 4.69) is 42.4 Å². The molecule has 5 heterocycles. The van der Waals surface area contributed by atoms with Crippen LogP contribution >= 0.6 is 11.3 Å². The van der Waals surface area contributed by atoms with Crippen molar-refractivity contribution in [3.63, 3.8) is 0 Å². The number of aromatic nitrogens is 5. The smallest absolute Gasteiger partial charge is 0.147 e. The molecule has 8 heteroatoms. The summed E-state index contributed by atoms with van der Waals surface area (Å²) >= 11 is 1.76. The molecule has 0 spiro atoms. The molecule has 4 aromatic rings.